The molecule has 0 radical (unpaired) electrons. The van der Waals surface area contributed by atoms with Crippen molar-refractivity contribution in [2.24, 2.45) is 5.73 Å². The lowest BCUT2D eigenvalue weighted by molar-refractivity contribution is 0.0664. The van der Waals surface area contributed by atoms with Gasteiger partial charge in [0.25, 0.3) is 11.8 Å². The van der Waals surface area contributed by atoms with Crippen LogP contribution in [0.25, 0.3) is 0 Å². The SMILES string of the molecule is Cc1cc(C(N)=O)nn1Cc1cccc(C(=O)N2CCN(C)CC2)c1. The molecule has 7 nitrogen and oxygen atoms in total. The summed E-state index contributed by atoms with van der Waals surface area (Å²) in [5, 5.41) is 4.22. The topological polar surface area (TPSA) is 84.5 Å². The number of rotatable bonds is 4. The van der Waals surface area contributed by atoms with Gasteiger partial charge in [-0.3, -0.25) is 14.3 Å². The summed E-state index contributed by atoms with van der Waals surface area (Å²) in [5.74, 6) is -0.481. The summed E-state index contributed by atoms with van der Waals surface area (Å²) < 4.78 is 1.72. The first-order chi connectivity index (χ1) is 11.9. The fourth-order valence-corrected chi connectivity index (χ4v) is 2.96. The lowest BCUT2D eigenvalue weighted by Crippen LogP contribution is -2.47. The minimum absolute atomic E-state index is 0.0602. The van der Waals surface area contributed by atoms with Gasteiger partial charge in [0.2, 0.25) is 0 Å². The summed E-state index contributed by atoms with van der Waals surface area (Å²) in [5.41, 5.74) is 8.02. The van der Waals surface area contributed by atoms with Gasteiger partial charge in [0, 0.05) is 37.4 Å². The van der Waals surface area contributed by atoms with Crippen molar-refractivity contribution in [1.82, 2.24) is 19.6 Å². The van der Waals surface area contributed by atoms with Crippen LogP contribution in [0, 0.1) is 6.92 Å². The molecule has 1 saturated heterocycles. The van der Waals surface area contributed by atoms with Crippen LogP contribution in [-0.2, 0) is 6.54 Å². The second-order valence-corrected chi connectivity index (χ2v) is 6.49. The molecule has 2 heterocycles. The molecule has 0 atom stereocenters. The van der Waals surface area contributed by atoms with Crippen LogP contribution in [0.1, 0.15) is 32.1 Å². The molecule has 3 rings (SSSR count). The lowest BCUT2D eigenvalue weighted by atomic mass is 10.1. The van der Waals surface area contributed by atoms with Crippen LogP contribution in [0.2, 0.25) is 0 Å². The molecule has 1 aromatic carbocycles. The number of nitrogens with two attached hydrogens (primary N) is 1. The number of primary amides is 1. The summed E-state index contributed by atoms with van der Waals surface area (Å²) in [4.78, 5) is 28.1. The summed E-state index contributed by atoms with van der Waals surface area (Å²) in [6, 6.07) is 9.24. The minimum atomic E-state index is -0.541. The average Bonchev–Trinajstić information content (AvgIpc) is 2.96. The smallest absolute Gasteiger partial charge is 0.269 e. The van der Waals surface area contributed by atoms with E-state index in [0.29, 0.717) is 12.1 Å². The number of likely N-dealkylation sites (N-methyl/N-ethyl adjacent to an activating group) is 1. The molecule has 7 heteroatoms. The highest BCUT2D eigenvalue weighted by atomic mass is 16.2. The number of carbonyl (C=O) groups excluding carboxylic acids is 2. The lowest BCUT2D eigenvalue weighted by Gasteiger charge is -2.32. The first kappa shape index (κ1) is 17.2. The van der Waals surface area contributed by atoms with E-state index in [9.17, 15) is 9.59 Å². The van der Waals surface area contributed by atoms with Crippen LogP contribution in [0.15, 0.2) is 30.3 Å². The standard InChI is InChI=1S/C18H23N5O2/c1-13-10-16(17(19)24)20-23(13)12-14-4-3-5-15(11-14)18(25)22-8-6-21(2)7-9-22/h3-5,10-11H,6-9,12H2,1-2H3,(H2,19,24). The van der Waals surface area contributed by atoms with E-state index in [1.54, 1.807) is 10.7 Å². The van der Waals surface area contributed by atoms with Crippen LogP contribution >= 0.6 is 0 Å². The third-order valence-electron chi connectivity index (χ3n) is 4.53. The van der Waals surface area contributed by atoms with Gasteiger partial charge in [-0.1, -0.05) is 12.1 Å². The molecule has 1 aliphatic rings. The van der Waals surface area contributed by atoms with Gasteiger partial charge in [0.05, 0.1) is 6.54 Å². The molecule has 1 fully saturated rings. The Morgan fingerprint density at radius 2 is 1.88 bits per heavy atom. The van der Waals surface area contributed by atoms with E-state index in [0.717, 1.165) is 37.4 Å². The van der Waals surface area contributed by atoms with E-state index in [-0.39, 0.29) is 11.6 Å². The Labute approximate surface area is 147 Å². The zero-order chi connectivity index (χ0) is 18.0. The van der Waals surface area contributed by atoms with Crippen molar-refractivity contribution in [3.8, 4) is 0 Å². The van der Waals surface area contributed by atoms with Gasteiger partial charge in [0.15, 0.2) is 0 Å². The maximum Gasteiger partial charge on any atom is 0.269 e. The molecule has 1 aliphatic heterocycles. The van der Waals surface area contributed by atoms with Crippen molar-refractivity contribution in [3.63, 3.8) is 0 Å². The molecular formula is C18H23N5O2. The average molecular weight is 341 g/mol. The van der Waals surface area contributed by atoms with E-state index in [1.807, 2.05) is 36.1 Å². The fraction of sp³-hybridized carbons (Fsp3) is 0.389. The Bertz CT molecular complexity index is 791. The zero-order valence-corrected chi connectivity index (χ0v) is 14.6. The van der Waals surface area contributed by atoms with Crippen molar-refractivity contribution in [2.45, 2.75) is 13.5 Å². The van der Waals surface area contributed by atoms with Gasteiger partial charge in [0.1, 0.15) is 5.69 Å². The zero-order valence-electron chi connectivity index (χ0n) is 14.6. The minimum Gasteiger partial charge on any atom is -0.364 e. The molecule has 1 aromatic heterocycles. The van der Waals surface area contributed by atoms with Crippen molar-refractivity contribution in [1.29, 1.82) is 0 Å². The number of hydrogen-bond acceptors (Lipinski definition) is 4. The normalized spacial score (nSPS) is 15.4. The molecule has 2 aromatic rings. The highest BCUT2D eigenvalue weighted by molar-refractivity contribution is 5.94. The van der Waals surface area contributed by atoms with E-state index >= 15 is 0 Å². The molecule has 2 amide bonds. The molecule has 25 heavy (non-hydrogen) atoms. The Morgan fingerprint density at radius 3 is 2.52 bits per heavy atom. The third kappa shape index (κ3) is 3.88. The van der Waals surface area contributed by atoms with Gasteiger partial charge in [-0.15, -0.1) is 0 Å². The van der Waals surface area contributed by atoms with E-state index in [1.165, 1.54) is 0 Å². The predicted octanol–water partition coefficient (Wildman–Crippen LogP) is 0.726. The summed E-state index contributed by atoms with van der Waals surface area (Å²) >= 11 is 0. The van der Waals surface area contributed by atoms with Crippen LogP contribution in [0.4, 0.5) is 0 Å². The summed E-state index contributed by atoms with van der Waals surface area (Å²) in [6.07, 6.45) is 0. The quantitative estimate of drug-likeness (QED) is 0.888. The Kier molecular flexibility index (Phi) is 4.85. The number of amides is 2. The van der Waals surface area contributed by atoms with Gasteiger partial charge in [-0.25, -0.2) is 0 Å². The Morgan fingerprint density at radius 1 is 1.16 bits per heavy atom. The fourth-order valence-electron chi connectivity index (χ4n) is 2.96. The van der Waals surface area contributed by atoms with Gasteiger partial charge in [-0.2, -0.15) is 5.10 Å². The number of benzene rings is 1. The molecule has 2 N–H and O–H groups in total. The summed E-state index contributed by atoms with van der Waals surface area (Å²) in [7, 11) is 2.06. The number of nitrogens with zero attached hydrogens (tertiary/aromatic N) is 4. The summed E-state index contributed by atoms with van der Waals surface area (Å²) in [6.45, 7) is 5.66. The Hall–Kier alpha value is -2.67. The predicted molar refractivity (Wildman–Crippen MR) is 94.4 cm³/mol. The molecule has 0 spiro atoms. The van der Waals surface area contributed by atoms with Crippen molar-refractivity contribution < 1.29 is 9.59 Å². The van der Waals surface area contributed by atoms with Gasteiger partial charge >= 0.3 is 0 Å². The van der Waals surface area contributed by atoms with Crippen LogP contribution in [0.5, 0.6) is 0 Å². The van der Waals surface area contributed by atoms with Crippen LogP contribution in [0.3, 0.4) is 0 Å². The highest BCUT2D eigenvalue weighted by Gasteiger charge is 2.20. The largest absolute Gasteiger partial charge is 0.364 e. The van der Waals surface area contributed by atoms with E-state index < -0.39 is 5.91 Å². The monoisotopic (exact) mass is 341 g/mol. The van der Waals surface area contributed by atoms with Crippen LogP contribution in [-0.4, -0.2) is 64.6 Å². The maximum atomic E-state index is 12.7. The molecule has 0 saturated carbocycles. The van der Waals surface area contributed by atoms with Gasteiger partial charge < -0.3 is 15.5 Å². The molecular weight excluding hydrogens is 318 g/mol. The van der Waals surface area contributed by atoms with Crippen molar-refractivity contribution in [3.05, 3.63) is 52.8 Å². The first-order valence-electron chi connectivity index (χ1n) is 8.35. The third-order valence-corrected chi connectivity index (χ3v) is 4.53. The van der Waals surface area contributed by atoms with Crippen LogP contribution < -0.4 is 5.73 Å². The van der Waals surface area contributed by atoms with Crippen molar-refractivity contribution in [2.75, 3.05) is 33.2 Å². The number of aryl methyl sites for hydroxylation is 1. The maximum absolute atomic E-state index is 12.7. The molecule has 132 valence electrons. The molecule has 0 aliphatic carbocycles. The second-order valence-electron chi connectivity index (χ2n) is 6.49. The van der Waals surface area contributed by atoms with Crippen molar-refractivity contribution >= 4 is 11.8 Å². The number of hydrogen-bond donors (Lipinski definition) is 1. The number of piperazine rings is 1. The van der Waals surface area contributed by atoms with Gasteiger partial charge in [-0.05, 0) is 37.7 Å². The highest BCUT2D eigenvalue weighted by Crippen LogP contribution is 2.13. The van der Waals surface area contributed by atoms with E-state index in [4.69, 9.17) is 5.73 Å². The number of aromatic nitrogens is 2. The second kappa shape index (κ2) is 7.06. The molecule has 0 bridgehead atoms. The first-order valence-corrected chi connectivity index (χ1v) is 8.35. The Balaban J connectivity index is 1.75. The number of carbonyl (C=O) groups is 2. The van der Waals surface area contributed by atoms with E-state index in [2.05, 4.69) is 17.0 Å². The molecule has 0 unspecified atom stereocenters.